The van der Waals surface area contributed by atoms with Crippen LogP contribution in [0.4, 0.5) is 0 Å². The van der Waals surface area contributed by atoms with Crippen molar-refractivity contribution < 1.29 is 0 Å². The number of rotatable bonds is 7. The molecule has 0 aliphatic carbocycles. The lowest BCUT2D eigenvalue weighted by Gasteiger charge is -2.14. The van der Waals surface area contributed by atoms with Gasteiger partial charge in [-0.25, -0.2) is 0 Å². The van der Waals surface area contributed by atoms with Gasteiger partial charge in [-0.2, -0.15) is 0 Å². The molecule has 3 heteroatoms. The van der Waals surface area contributed by atoms with Crippen molar-refractivity contribution >= 4 is 27.3 Å². The van der Waals surface area contributed by atoms with Gasteiger partial charge in [0.15, 0.2) is 0 Å². The lowest BCUT2D eigenvalue weighted by atomic mass is 10.0. The van der Waals surface area contributed by atoms with Crippen molar-refractivity contribution in [3.8, 4) is 0 Å². The normalized spacial score (nSPS) is 12.6. The summed E-state index contributed by atoms with van der Waals surface area (Å²) in [7, 11) is 0. The van der Waals surface area contributed by atoms with Crippen LogP contribution in [0.15, 0.2) is 40.2 Å². The molecule has 0 aliphatic rings. The SMILES string of the molecule is CCCCc1ccc(C(C)NCc2sccc2Br)cc1. The zero-order chi connectivity index (χ0) is 14.4. The van der Waals surface area contributed by atoms with Gasteiger partial charge in [-0.05, 0) is 58.3 Å². The van der Waals surface area contributed by atoms with E-state index in [0.717, 1.165) is 6.54 Å². The molecule has 1 nitrogen and oxygen atoms in total. The molecule has 0 aliphatic heterocycles. The van der Waals surface area contributed by atoms with E-state index < -0.39 is 0 Å². The molecule has 0 amide bonds. The molecule has 2 aromatic rings. The lowest BCUT2D eigenvalue weighted by molar-refractivity contribution is 0.578. The second-order valence-corrected chi connectivity index (χ2v) is 6.99. The smallest absolute Gasteiger partial charge is 0.0327 e. The third kappa shape index (κ3) is 4.44. The first-order valence-corrected chi connectivity index (χ1v) is 8.92. The van der Waals surface area contributed by atoms with Crippen molar-refractivity contribution in [1.82, 2.24) is 5.32 Å². The van der Waals surface area contributed by atoms with Gasteiger partial charge in [0, 0.05) is 21.9 Å². The van der Waals surface area contributed by atoms with Crippen LogP contribution in [0.5, 0.6) is 0 Å². The van der Waals surface area contributed by atoms with Crippen molar-refractivity contribution in [3.05, 3.63) is 56.2 Å². The highest BCUT2D eigenvalue weighted by atomic mass is 79.9. The van der Waals surface area contributed by atoms with E-state index in [1.165, 1.54) is 39.7 Å². The third-order valence-electron chi connectivity index (χ3n) is 3.56. The third-order valence-corrected chi connectivity index (χ3v) is 5.48. The standard InChI is InChI=1S/C17H22BrNS/c1-3-4-5-14-6-8-15(9-7-14)13(2)19-12-17-16(18)10-11-20-17/h6-11,13,19H,3-5,12H2,1-2H3. The minimum absolute atomic E-state index is 0.379. The summed E-state index contributed by atoms with van der Waals surface area (Å²) in [6, 6.07) is 11.5. The van der Waals surface area contributed by atoms with Gasteiger partial charge in [0.05, 0.1) is 0 Å². The minimum Gasteiger partial charge on any atom is -0.305 e. The van der Waals surface area contributed by atoms with Crippen molar-refractivity contribution in [2.45, 2.75) is 45.7 Å². The lowest BCUT2D eigenvalue weighted by Crippen LogP contribution is -2.17. The van der Waals surface area contributed by atoms with E-state index in [9.17, 15) is 0 Å². The average molecular weight is 352 g/mol. The first kappa shape index (κ1) is 15.7. The fourth-order valence-electron chi connectivity index (χ4n) is 2.17. The molecule has 1 unspecified atom stereocenters. The molecule has 1 atom stereocenters. The molecule has 0 saturated heterocycles. The number of thiophene rings is 1. The van der Waals surface area contributed by atoms with Crippen LogP contribution >= 0.6 is 27.3 Å². The molecule has 1 aromatic heterocycles. The Bertz CT molecular complexity index is 518. The monoisotopic (exact) mass is 351 g/mol. The zero-order valence-electron chi connectivity index (χ0n) is 12.2. The maximum Gasteiger partial charge on any atom is 0.0327 e. The van der Waals surface area contributed by atoms with Crippen molar-refractivity contribution in [2.24, 2.45) is 0 Å². The van der Waals surface area contributed by atoms with E-state index in [4.69, 9.17) is 0 Å². The van der Waals surface area contributed by atoms with Gasteiger partial charge in [-0.15, -0.1) is 11.3 Å². The number of hydrogen-bond acceptors (Lipinski definition) is 2. The van der Waals surface area contributed by atoms with Gasteiger partial charge in [-0.1, -0.05) is 37.6 Å². The Morgan fingerprint density at radius 2 is 1.95 bits per heavy atom. The van der Waals surface area contributed by atoms with E-state index in [-0.39, 0.29) is 0 Å². The Morgan fingerprint density at radius 1 is 1.20 bits per heavy atom. The number of benzene rings is 1. The predicted molar refractivity (Wildman–Crippen MR) is 92.3 cm³/mol. The van der Waals surface area contributed by atoms with Crippen LogP contribution in [0, 0.1) is 0 Å². The van der Waals surface area contributed by atoms with Crippen LogP contribution in [0.25, 0.3) is 0 Å². The van der Waals surface area contributed by atoms with Crippen molar-refractivity contribution in [2.75, 3.05) is 0 Å². The molecule has 1 aromatic carbocycles. The van der Waals surface area contributed by atoms with Crippen LogP contribution in [0.2, 0.25) is 0 Å². The Kier molecular flexibility index (Phi) is 6.27. The van der Waals surface area contributed by atoms with E-state index in [1.807, 2.05) is 0 Å². The molecule has 0 spiro atoms. The van der Waals surface area contributed by atoms with Gasteiger partial charge < -0.3 is 5.32 Å². The molecule has 0 bridgehead atoms. The van der Waals surface area contributed by atoms with Gasteiger partial charge in [-0.3, -0.25) is 0 Å². The Hall–Kier alpha value is -0.640. The van der Waals surface area contributed by atoms with E-state index in [2.05, 4.69) is 70.8 Å². The topological polar surface area (TPSA) is 12.0 Å². The maximum atomic E-state index is 3.59. The summed E-state index contributed by atoms with van der Waals surface area (Å²) in [5.41, 5.74) is 2.81. The van der Waals surface area contributed by atoms with Crippen LogP contribution in [0.1, 0.15) is 48.7 Å². The quantitative estimate of drug-likeness (QED) is 0.674. The molecule has 1 heterocycles. The van der Waals surface area contributed by atoms with Crippen LogP contribution in [-0.4, -0.2) is 0 Å². The summed E-state index contributed by atoms with van der Waals surface area (Å²) in [5, 5.41) is 5.70. The second kappa shape index (κ2) is 7.96. The number of aryl methyl sites for hydroxylation is 1. The predicted octanol–water partition coefficient (Wildman–Crippen LogP) is 5.70. The Balaban J connectivity index is 1.88. The molecule has 0 fully saturated rings. The zero-order valence-corrected chi connectivity index (χ0v) is 14.6. The number of unbranched alkanes of at least 4 members (excludes halogenated alkanes) is 1. The molecular weight excluding hydrogens is 330 g/mol. The number of halogens is 1. The van der Waals surface area contributed by atoms with Crippen molar-refractivity contribution in [1.29, 1.82) is 0 Å². The van der Waals surface area contributed by atoms with Gasteiger partial charge in [0.25, 0.3) is 0 Å². The molecular formula is C17H22BrNS. The Morgan fingerprint density at radius 3 is 2.55 bits per heavy atom. The van der Waals surface area contributed by atoms with Gasteiger partial charge in [0.2, 0.25) is 0 Å². The summed E-state index contributed by atoms with van der Waals surface area (Å²) in [6.45, 7) is 5.38. The van der Waals surface area contributed by atoms with E-state index in [0.29, 0.717) is 6.04 Å². The Labute approximate surface area is 134 Å². The fraction of sp³-hybridized carbons (Fsp3) is 0.412. The molecule has 2 rings (SSSR count). The average Bonchev–Trinajstić information content (AvgIpc) is 2.88. The minimum atomic E-state index is 0.379. The molecule has 1 N–H and O–H groups in total. The summed E-state index contributed by atoms with van der Waals surface area (Å²) in [6.07, 6.45) is 3.73. The summed E-state index contributed by atoms with van der Waals surface area (Å²) >= 11 is 5.37. The summed E-state index contributed by atoms with van der Waals surface area (Å²) < 4.78 is 1.21. The summed E-state index contributed by atoms with van der Waals surface area (Å²) in [4.78, 5) is 1.36. The highest BCUT2D eigenvalue weighted by Crippen LogP contribution is 2.23. The fourth-order valence-corrected chi connectivity index (χ4v) is 3.61. The van der Waals surface area contributed by atoms with Gasteiger partial charge in [0.1, 0.15) is 0 Å². The van der Waals surface area contributed by atoms with Crippen LogP contribution in [-0.2, 0) is 13.0 Å². The molecule has 20 heavy (non-hydrogen) atoms. The van der Waals surface area contributed by atoms with Gasteiger partial charge >= 0.3 is 0 Å². The maximum absolute atomic E-state index is 3.59. The summed E-state index contributed by atoms with van der Waals surface area (Å²) in [5.74, 6) is 0. The molecule has 108 valence electrons. The second-order valence-electron chi connectivity index (χ2n) is 5.14. The largest absolute Gasteiger partial charge is 0.305 e. The molecule has 0 radical (unpaired) electrons. The van der Waals surface area contributed by atoms with Crippen LogP contribution < -0.4 is 5.32 Å². The van der Waals surface area contributed by atoms with E-state index in [1.54, 1.807) is 11.3 Å². The number of nitrogens with one attached hydrogen (secondary N) is 1. The highest BCUT2D eigenvalue weighted by molar-refractivity contribution is 9.10. The first-order chi connectivity index (χ1) is 9.70. The van der Waals surface area contributed by atoms with E-state index >= 15 is 0 Å². The van der Waals surface area contributed by atoms with Crippen LogP contribution in [0.3, 0.4) is 0 Å². The number of hydrogen-bond donors (Lipinski definition) is 1. The first-order valence-electron chi connectivity index (χ1n) is 7.24. The molecule has 0 saturated carbocycles. The van der Waals surface area contributed by atoms with Crippen molar-refractivity contribution in [3.63, 3.8) is 0 Å². The highest BCUT2D eigenvalue weighted by Gasteiger charge is 2.07.